The number of hydrogen-bond acceptors (Lipinski definition) is 12. The smallest absolute Gasteiger partial charge is 0.348 e. The third-order valence-corrected chi connectivity index (χ3v) is 9.73. The van der Waals surface area contributed by atoms with Crippen LogP contribution in [0.15, 0.2) is 103 Å². The van der Waals surface area contributed by atoms with Gasteiger partial charge in [0.05, 0.1) is 18.3 Å². The molecule has 2 fully saturated rings. The highest BCUT2D eigenvalue weighted by atomic mass is 16.8. The molecule has 56 heavy (non-hydrogen) atoms. The van der Waals surface area contributed by atoms with Gasteiger partial charge in [-0.05, 0) is 30.7 Å². The molecule has 0 spiro atoms. The molecule has 4 N–H and O–H groups in total. The van der Waals surface area contributed by atoms with E-state index < -0.39 is 77.5 Å². The van der Waals surface area contributed by atoms with E-state index in [-0.39, 0.29) is 37.3 Å². The van der Waals surface area contributed by atoms with Crippen LogP contribution in [0.2, 0.25) is 0 Å². The lowest BCUT2D eigenvalue weighted by Crippen LogP contribution is -2.54. The minimum Gasteiger partial charge on any atom is -0.462 e. The van der Waals surface area contributed by atoms with Crippen molar-refractivity contribution in [3.05, 3.63) is 125 Å². The zero-order chi connectivity index (χ0) is 40.0. The summed E-state index contributed by atoms with van der Waals surface area (Å²) in [7, 11) is 0. The van der Waals surface area contributed by atoms with Crippen LogP contribution in [0.25, 0.3) is 6.08 Å². The maximum atomic E-state index is 14.1. The van der Waals surface area contributed by atoms with Gasteiger partial charge in [0, 0.05) is 41.2 Å². The normalized spacial score (nSPS) is 23.2. The van der Waals surface area contributed by atoms with Gasteiger partial charge in [-0.1, -0.05) is 92.7 Å². The maximum Gasteiger partial charge on any atom is 0.348 e. The molecule has 2 heterocycles. The first-order chi connectivity index (χ1) is 26.8. The van der Waals surface area contributed by atoms with Crippen LogP contribution in [0.4, 0.5) is 0 Å². The van der Waals surface area contributed by atoms with Crippen LogP contribution in [0, 0.1) is 5.41 Å². The van der Waals surface area contributed by atoms with Gasteiger partial charge in [0.1, 0.15) is 31.0 Å². The van der Waals surface area contributed by atoms with Crippen molar-refractivity contribution < 1.29 is 57.9 Å². The largest absolute Gasteiger partial charge is 0.462 e. The number of ether oxygens (including phenoxy) is 5. The Labute approximate surface area is 323 Å². The van der Waals surface area contributed by atoms with E-state index in [9.17, 15) is 29.1 Å². The third-order valence-electron chi connectivity index (χ3n) is 9.73. The van der Waals surface area contributed by atoms with Crippen molar-refractivity contribution in [1.82, 2.24) is 10.6 Å². The highest BCUT2D eigenvalue weighted by molar-refractivity contribution is 5.98. The molecule has 3 aliphatic rings. The van der Waals surface area contributed by atoms with Crippen molar-refractivity contribution in [2.45, 2.75) is 69.5 Å². The molecule has 0 bridgehead atoms. The summed E-state index contributed by atoms with van der Waals surface area (Å²) in [5.41, 5.74) is 1.09. The molecular formula is C42H44N2O12. The summed E-state index contributed by atoms with van der Waals surface area (Å²) in [5.74, 6) is -5.13. The van der Waals surface area contributed by atoms with Gasteiger partial charge >= 0.3 is 17.9 Å². The van der Waals surface area contributed by atoms with E-state index in [4.69, 9.17) is 28.8 Å². The van der Waals surface area contributed by atoms with Gasteiger partial charge in [-0.3, -0.25) is 9.59 Å². The van der Waals surface area contributed by atoms with Gasteiger partial charge in [-0.2, -0.15) is 0 Å². The molecule has 0 saturated carbocycles. The molecule has 3 aromatic carbocycles. The van der Waals surface area contributed by atoms with Crippen LogP contribution < -0.4 is 10.6 Å². The van der Waals surface area contributed by atoms with E-state index in [2.05, 4.69) is 10.6 Å². The molecule has 3 aromatic rings. The number of carbonyl (C=O) groups excluding carboxylic acids is 5. The standard InChI is InChI=1S/C42H44N2O12/c1-25(46)34(38(49)43-20-21-45)44-37(48)27-22-31(35-32(23-27)55-42(56-35,28-13-6-4-7-14-28)29-15-8-5-9-16-29)53-39(50)30-17-11-10-12-26(30)18-19-33(47)54-36-40(51)52-24-41(36,2)3/h4-19,23,25,31-32,34-36,45-46H,20-22,24H2,1-3H3,(H,43,49)(H,44,48). The lowest BCUT2D eigenvalue weighted by molar-refractivity contribution is -0.159. The van der Waals surface area contributed by atoms with Crippen molar-refractivity contribution in [3.8, 4) is 0 Å². The minimum absolute atomic E-state index is 0.0835. The van der Waals surface area contributed by atoms with Crippen LogP contribution in [-0.4, -0.2) is 96.3 Å². The Morgan fingerprint density at radius 3 is 2.18 bits per heavy atom. The van der Waals surface area contributed by atoms with Crippen molar-refractivity contribution in [1.29, 1.82) is 0 Å². The number of aliphatic hydroxyl groups excluding tert-OH is 2. The molecule has 2 saturated heterocycles. The third kappa shape index (κ3) is 8.58. The van der Waals surface area contributed by atoms with E-state index in [0.29, 0.717) is 16.7 Å². The second kappa shape index (κ2) is 17.0. The number of rotatable bonds is 13. The molecule has 14 nitrogen and oxygen atoms in total. The fraction of sp³-hybridized carbons (Fsp3) is 0.357. The Morgan fingerprint density at radius 2 is 1.57 bits per heavy atom. The molecule has 0 aromatic heterocycles. The van der Waals surface area contributed by atoms with E-state index in [1.807, 2.05) is 60.7 Å². The van der Waals surface area contributed by atoms with Crippen molar-refractivity contribution in [2.24, 2.45) is 5.41 Å². The Balaban J connectivity index is 1.30. The zero-order valence-electron chi connectivity index (χ0n) is 31.1. The summed E-state index contributed by atoms with van der Waals surface area (Å²) in [6.07, 6.45) is -1.48. The van der Waals surface area contributed by atoms with E-state index in [0.717, 1.165) is 6.08 Å². The molecule has 6 unspecified atom stereocenters. The summed E-state index contributed by atoms with van der Waals surface area (Å²) in [6.45, 7) is 4.52. The Kier molecular flexibility index (Phi) is 12.1. The van der Waals surface area contributed by atoms with Gasteiger partial charge in [0.25, 0.3) is 0 Å². The van der Waals surface area contributed by atoms with Crippen LogP contribution in [0.3, 0.4) is 0 Å². The predicted octanol–water partition coefficient (Wildman–Crippen LogP) is 2.71. The second-order valence-electron chi connectivity index (χ2n) is 14.4. The highest BCUT2D eigenvalue weighted by Crippen LogP contribution is 2.47. The van der Waals surface area contributed by atoms with Crippen LogP contribution >= 0.6 is 0 Å². The summed E-state index contributed by atoms with van der Waals surface area (Å²) in [4.78, 5) is 65.6. The van der Waals surface area contributed by atoms with Gasteiger partial charge in [0.2, 0.25) is 23.7 Å². The molecule has 294 valence electrons. The number of aliphatic hydroxyl groups is 2. The molecule has 14 heteroatoms. The summed E-state index contributed by atoms with van der Waals surface area (Å²) in [6, 6.07) is 23.4. The molecule has 0 radical (unpaired) electrons. The molecule has 2 amide bonds. The van der Waals surface area contributed by atoms with Crippen LogP contribution in [-0.2, 0) is 48.6 Å². The number of hydrogen-bond donors (Lipinski definition) is 4. The first-order valence-corrected chi connectivity index (χ1v) is 18.2. The van der Waals surface area contributed by atoms with Crippen molar-refractivity contribution in [3.63, 3.8) is 0 Å². The van der Waals surface area contributed by atoms with E-state index in [1.54, 1.807) is 38.1 Å². The molecular weight excluding hydrogens is 724 g/mol. The van der Waals surface area contributed by atoms with Crippen LogP contribution in [0.1, 0.15) is 54.2 Å². The topological polar surface area (TPSA) is 196 Å². The Morgan fingerprint density at radius 1 is 0.929 bits per heavy atom. The van der Waals surface area contributed by atoms with Crippen molar-refractivity contribution in [2.75, 3.05) is 19.8 Å². The van der Waals surface area contributed by atoms with E-state index >= 15 is 0 Å². The monoisotopic (exact) mass is 768 g/mol. The summed E-state index contributed by atoms with van der Waals surface area (Å²) in [5, 5.41) is 24.6. The maximum absolute atomic E-state index is 14.1. The Hall–Kier alpha value is -5.67. The summed E-state index contributed by atoms with van der Waals surface area (Å²) >= 11 is 0. The fourth-order valence-electron chi connectivity index (χ4n) is 6.80. The second-order valence-corrected chi connectivity index (χ2v) is 14.4. The number of benzene rings is 3. The van der Waals surface area contributed by atoms with E-state index in [1.165, 1.54) is 19.1 Å². The number of esters is 3. The highest BCUT2D eigenvalue weighted by Gasteiger charge is 2.55. The van der Waals surface area contributed by atoms with Crippen LogP contribution in [0.5, 0.6) is 0 Å². The average Bonchev–Trinajstić information content (AvgIpc) is 3.72. The molecule has 6 rings (SSSR count). The summed E-state index contributed by atoms with van der Waals surface area (Å²) < 4.78 is 30.1. The van der Waals surface area contributed by atoms with Gasteiger partial charge in [0.15, 0.2) is 0 Å². The molecule has 1 aliphatic carbocycles. The molecule has 2 aliphatic heterocycles. The lowest BCUT2D eigenvalue weighted by atomic mass is 9.90. The zero-order valence-corrected chi connectivity index (χ0v) is 31.1. The quantitative estimate of drug-likeness (QED) is 0.113. The van der Waals surface area contributed by atoms with Gasteiger partial charge in [-0.25, -0.2) is 14.4 Å². The first-order valence-electron chi connectivity index (χ1n) is 18.2. The predicted molar refractivity (Wildman–Crippen MR) is 199 cm³/mol. The van der Waals surface area contributed by atoms with Crippen molar-refractivity contribution >= 4 is 35.8 Å². The minimum atomic E-state index is -1.47. The SMILES string of the molecule is CC(O)C(NC(=O)C1=CC2OC(c3ccccc3)(c3ccccc3)OC2C(OC(=O)c2ccccc2C=CC(=O)OC2C(=O)OCC2(C)C)C1)C(=O)NCCO. The number of fused-ring (bicyclic) bond motifs is 1. The van der Waals surface area contributed by atoms with Gasteiger partial charge < -0.3 is 44.5 Å². The number of cyclic esters (lactones) is 1. The average molecular weight is 769 g/mol. The van der Waals surface area contributed by atoms with Gasteiger partial charge in [-0.15, -0.1) is 0 Å². The number of amides is 2. The lowest BCUT2D eigenvalue weighted by Gasteiger charge is -2.32. The molecule has 6 atom stereocenters. The first kappa shape index (κ1) is 40.0. The number of nitrogens with one attached hydrogen (secondary N) is 2. The number of carbonyl (C=O) groups is 5. The fourth-order valence-corrected chi connectivity index (χ4v) is 6.80. The Bertz CT molecular complexity index is 1950.